The molecule has 2 heterocycles. The van der Waals surface area contributed by atoms with Gasteiger partial charge in [-0.05, 0) is 37.4 Å². The second-order valence-corrected chi connectivity index (χ2v) is 7.62. The molecular formula is C24H24F3N5. The number of para-hydroxylation sites is 1. The topological polar surface area (TPSA) is 53.1 Å². The molecule has 2 aromatic carbocycles. The average Bonchev–Trinajstić information content (AvgIpc) is 2.78. The van der Waals surface area contributed by atoms with Gasteiger partial charge >= 0.3 is 6.18 Å². The molecule has 0 bridgehead atoms. The second kappa shape index (κ2) is 9.40. The molecule has 0 unspecified atom stereocenters. The number of hydrogen-bond donors (Lipinski definition) is 2. The lowest BCUT2D eigenvalue weighted by Gasteiger charge is -2.19. The summed E-state index contributed by atoms with van der Waals surface area (Å²) in [4.78, 5) is 10.6. The molecule has 0 fully saturated rings. The number of alkyl halides is 3. The van der Waals surface area contributed by atoms with Crippen molar-refractivity contribution in [3.05, 3.63) is 72.6 Å². The summed E-state index contributed by atoms with van der Waals surface area (Å²) in [5, 5.41) is 8.55. The summed E-state index contributed by atoms with van der Waals surface area (Å²) < 4.78 is 38.8. The lowest BCUT2D eigenvalue weighted by molar-refractivity contribution is -0.137. The van der Waals surface area contributed by atoms with Crippen LogP contribution in [0.3, 0.4) is 0 Å². The minimum absolute atomic E-state index is 0.326. The predicted molar refractivity (Wildman–Crippen MR) is 123 cm³/mol. The molecule has 32 heavy (non-hydrogen) atoms. The van der Waals surface area contributed by atoms with Crippen LogP contribution in [-0.4, -0.2) is 48.1 Å². The minimum atomic E-state index is -4.38. The van der Waals surface area contributed by atoms with E-state index in [9.17, 15) is 13.2 Å². The summed E-state index contributed by atoms with van der Waals surface area (Å²) in [5.41, 5.74) is 2.43. The molecule has 166 valence electrons. The summed E-state index contributed by atoms with van der Waals surface area (Å²) in [5.74, 6) is 0. The van der Waals surface area contributed by atoms with Crippen LogP contribution in [0.5, 0.6) is 0 Å². The first-order valence-electron chi connectivity index (χ1n) is 10.4. The third kappa shape index (κ3) is 5.08. The van der Waals surface area contributed by atoms with Crippen LogP contribution in [0.25, 0.3) is 21.8 Å². The van der Waals surface area contributed by atoms with Crippen LogP contribution in [0.15, 0.2) is 67.0 Å². The molecule has 0 saturated carbocycles. The Balaban J connectivity index is 1.29. The zero-order valence-corrected chi connectivity index (χ0v) is 17.7. The molecule has 2 N–H and O–H groups in total. The van der Waals surface area contributed by atoms with E-state index < -0.39 is 11.7 Å². The molecule has 0 aliphatic carbocycles. The number of halogens is 3. The van der Waals surface area contributed by atoms with E-state index in [1.807, 2.05) is 31.3 Å². The maximum atomic E-state index is 12.9. The van der Waals surface area contributed by atoms with Crippen LogP contribution in [-0.2, 0) is 6.18 Å². The van der Waals surface area contributed by atoms with Crippen LogP contribution < -0.4 is 10.6 Å². The Morgan fingerprint density at radius 2 is 1.38 bits per heavy atom. The van der Waals surface area contributed by atoms with Gasteiger partial charge < -0.3 is 15.5 Å². The Morgan fingerprint density at radius 3 is 2.03 bits per heavy atom. The fourth-order valence-electron chi connectivity index (χ4n) is 3.60. The highest BCUT2D eigenvalue weighted by Gasteiger charge is 2.30. The van der Waals surface area contributed by atoms with E-state index in [1.54, 1.807) is 12.3 Å². The van der Waals surface area contributed by atoms with Crippen molar-refractivity contribution in [2.24, 2.45) is 0 Å². The standard InChI is InChI=1S/C24H24F3N5/c1-32(14-12-30-21-8-10-28-20-5-3-2-4-18(20)21)15-13-31-22-9-11-29-23-16-17(24(25,26)27)6-7-19(22)23/h2-11,16H,12-15H2,1H3,(H,28,30)(H,29,31). The Bertz CT molecular complexity index is 1200. The zero-order chi connectivity index (χ0) is 22.6. The number of aromatic nitrogens is 2. The average molecular weight is 439 g/mol. The van der Waals surface area contributed by atoms with Gasteiger partial charge in [0, 0.05) is 60.7 Å². The van der Waals surface area contributed by atoms with Crippen LogP contribution in [0.1, 0.15) is 5.56 Å². The molecule has 0 radical (unpaired) electrons. The van der Waals surface area contributed by atoms with Crippen molar-refractivity contribution in [2.45, 2.75) is 6.18 Å². The van der Waals surface area contributed by atoms with Crippen molar-refractivity contribution in [3.8, 4) is 0 Å². The molecule has 0 aliphatic rings. The zero-order valence-electron chi connectivity index (χ0n) is 17.7. The summed E-state index contributed by atoms with van der Waals surface area (Å²) in [6, 6.07) is 15.4. The van der Waals surface area contributed by atoms with Gasteiger partial charge in [-0.15, -0.1) is 0 Å². The van der Waals surface area contributed by atoms with E-state index in [0.29, 0.717) is 17.4 Å². The molecule has 8 heteroatoms. The number of nitrogens with zero attached hydrogens (tertiary/aromatic N) is 3. The van der Waals surface area contributed by atoms with E-state index >= 15 is 0 Å². The van der Waals surface area contributed by atoms with E-state index in [1.165, 1.54) is 12.3 Å². The normalized spacial score (nSPS) is 11.9. The SMILES string of the molecule is CN(CCNc1ccnc2ccccc12)CCNc1ccnc2cc(C(F)(F)F)ccc12. The summed E-state index contributed by atoms with van der Waals surface area (Å²) in [6.45, 7) is 3.06. The predicted octanol–water partition coefficient (Wildman–Crippen LogP) is 5.26. The van der Waals surface area contributed by atoms with Gasteiger partial charge in [-0.1, -0.05) is 24.3 Å². The molecule has 2 aromatic heterocycles. The van der Waals surface area contributed by atoms with E-state index in [0.717, 1.165) is 54.0 Å². The van der Waals surface area contributed by atoms with Gasteiger partial charge in [0.25, 0.3) is 0 Å². The van der Waals surface area contributed by atoms with Crippen LogP contribution in [0.2, 0.25) is 0 Å². The highest BCUT2D eigenvalue weighted by atomic mass is 19.4. The highest BCUT2D eigenvalue weighted by molar-refractivity contribution is 5.92. The lowest BCUT2D eigenvalue weighted by Crippen LogP contribution is -2.29. The van der Waals surface area contributed by atoms with Crippen molar-refractivity contribution in [1.82, 2.24) is 14.9 Å². The fourth-order valence-corrected chi connectivity index (χ4v) is 3.60. The van der Waals surface area contributed by atoms with Crippen LogP contribution in [0, 0.1) is 0 Å². The van der Waals surface area contributed by atoms with Crippen LogP contribution in [0.4, 0.5) is 24.5 Å². The number of nitrogens with one attached hydrogen (secondary N) is 2. The quantitative estimate of drug-likeness (QED) is 0.392. The molecule has 0 aliphatic heterocycles. The molecular weight excluding hydrogens is 415 g/mol. The summed E-state index contributed by atoms with van der Waals surface area (Å²) >= 11 is 0. The first-order valence-corrected chi connectivity index (χ1v) is 10.4. The Hall–Kier alpha value is -3.39. The lowest BCUT2D eigenvalue weighted by atomic mass is 10.1. The van der Waals surface area contributed by atoms with Crippen molar-refractivity contribution in [1.29, 1.82) is 0 Å². The van der Waals surface area contributed by atoms with Gasteiger partial charge in [0.2, 0.25) is 0 Å². The fraction of sp³-hybridized carbons (Fsp3) is 0.250. The van der Waals surface area contributed by atoms with Gasteiger partial charge in [-0.2, -0.15) is 13.2 Å². The van der Waals surface area contributed by atoms with Crippen molar-refractivity contribution in [3.63, 3.8) is 0 Å². The van der Waals surface area contributed by atoms with Gasteiger partial charge in [0.15, 0.2) is 0 Å². The highest BCUT2D eigenvalue weighted by Crippen LogP contribution is 2.32. The maximum Gasteiger partial charge on any atom is 0.416 e. The number of benzene rings is 2. The number of likely N-dealkylation sites (N-methyl/N-ethyl adjacent to an activating group) is 1. The molecule has 4 aromatic rings. The second-order valence-electron chi connectivity index (χ2n) is 7.62. The third-order valence-corrected chi connectivity index (χ3v) is 5.34. The largest absolute Gasteiger partial charge is 0.416 e. The van der Waals surface area contributed by atoms with Crippen molar-refractivity contribution >= 4 is 33.2 Å². The molecule has 0 amide bonds. The molecule has 0 atom stereocenters. The van der Waals surface area contributed by atoms with E-state index in [2.05, 4.69) is 31.6 Å². The monoisotopic (exact) mass is 439 g/mol. The van der Waals surface area contributed by atoms with Gasteiger partial charge in [-0.3, -0.25) is 9.97 Å². The van der Waals surface area contributed by atoms with Gasteiger partial charge in [0.05, 0.1) is 16.6 Å². The number of rotatable bonds is 8. The van der Waals surface area contributed by atoms with Gasteiger partial charge in [-0.25, -0.2) is 0 Å². The van der Waals surface area contributed by atoms with Crippen molar-refractivity contribution < 1.29 is 13.2 Å². The third-order valence-electron chi connectivity index (χ3n) is 5.34. The summed E-state index contributed by atoms with van der Waals surface area (Å²) in [6.07, 6.45) is -1.05. The Labute approximate surface area is 184 Å². The van der Waals surface area contributed by atoms with Crippen LogP contribution >= 0.6 is 0 Å². The molecule has 4 rings (SSSR count). The molecule has 5 nitrogen and oxygen atoms in total. The first kappa shape index (κ1) is 21.8. The number of anilines is 2. The maximum absolute atomic E-state index is 12.9. The Kier molecular flexibility index (Phi) is 6.41. The Morgan fingerprint density at radius 1 is 0.781 bits per heavy atom. The number of fused-ring (bicyclic) bond motifs is 2. The minimum Gasteiger partial charge on any atom is -0.383 e. The number of hydrogen-bond acceptors (Lipinski definition) is 5. The number of pyridine rings is 2. The van der Waals surface area contributed by atoms with E-state index in [4.69, 9.17) is 0 Å². The van der Waals surface area contributed by atoms with Gasteiger partial charge in [0.1, 0.15) is 0 Å². The molecule has 0 saturated heterocycles. The molecule has 0 spiro atoms. The van der Waals surface area contributed by atoms with E-state index in [-0.39, 0.29) is 0 Å². The summed E-state index contributed by atoms with van der Waals surface area (Å²) in [7, 11) is 2.04. The first-order chi connectivity index (χ1) is 15.4. The van der Waals surface area contributed by atoms with Crippen molar-refractivity contribution in [2.75, 3.05) is 43.9 Å². The smallest absolute Gasteiger partial charge is 0.383 e.